The summed E-state index contributed by atoms with van der Waals surface area (Å²) < 4.78 is 10.6. The topological polar surface area (TPSA) is 47.6 Å². The summed E-state index contributed by atoms with van der Waals surface area (Å²) in [6, 6.07) is 0. The zero-order chi connectivity index (χ0) is 12.5. The molecular weight excluding hydrogens is 286 g/mol. The SMILES string of the molecule is COCC(Br)CNC(=O)CCC1CCCCO1. The van der Waals surface area contributed by atoms with Crippen LogP contribution in [-0.2, 0) is 14.3 Å². The Bertz CT molecular complexity index is 220. The van der Waals surface area contributed by atoms with Gasteiger partial charge in [-0.15, -0.1) is 0 Å². The summed E-state index contributed by atoms with van der Waals surface area (Å²) in [5, 5.41) is 2.89. The van der Waals surface area contributed by atoms with Gasteiger partial charge >= 0.3 is 0 Å². The Hall–Kier alpha value is -0.130. The lowest BCUT2D eigenvalue weighted by Crippen LogP contribution is -2.32. The fraction of sp³-hybridized carbons (Fsp3) is 0.917. The summed E-state index contributed by atoms with van der Waals surface area (Å²) in [5.74, 6) is 0.0970. The second-order valence-corrected chi connectivity index (χ2v) is 5.68. The van der Waals surface area contributed by atoms with E-state index in [-0.39, 0.29) is 16.8 Å². The first-order valence-electron chi connectivity index (χ1n) is 6.23. The van der Waals surface area contributed by atoms with Crippen LogP contribution in [-0.4, -0.2) is 43.7 Å². The minimum absolute atomic E-state index is 0.0970. The van der Waals surface area contributed by atoms with Gasteiger partial charge in [-0.05, 0) is 25.7 Å². The van der Waals surface area contributed by atoms with Gasteiger partial charge in [0.1, 0.15) is 0 Å². The predicted octanol–water partition coefficient (Wildman–Crippen LogP) is 1.86. The smallest absolute Gasteiger partial charge is 0.220 e. The molecule has 1 N–H and O–H groups in total. The lowest BCUT2D eigenvalue weighted by Gasteiger charge is -2.22. The highest BCUT2D eigenvalue weighted by molar-refractivity contribution is 9.09. The Balaban J connectivity index is 2.04. The largest absolute Gasteiger partial charge is 0.383 e. The minimum atomic E-state index is 0.0970. The number of halogens is 1. The maximum absolute atomic E-state index is 11.6. The summed E-state index contributed by atoms with van der Waals surface area (Å²) >= 11 is 3.43. The second kappa shape index (κ2) is 8.89. The molecule has 5 heteroatoms. The zero-order valence-corrected chi connectivity index (χ0v) is 12.0. The summed E-state index contributed by atoms with van der Waals surface area (Å²) in [6.07, 6.45) is 5.15. The van der Waals surface area contributed by atoms with Gasteiger partial charge in [0.25, 0.3) is 0 Å². The molecule has 1 heterocycles. The zero-order valence-electron chi connectivity index (χ0n) is 10.4. The maximum Gasteiger partial charge on any atom is 0.220 e. The standard InChI is InChI=1S/C12H22BrNO3/c1-16-9-10(13)8-14-12(15)6-5-11-4-2-3-7-17-11/h10-11H,2-9H2,1H3,(H,14,15). The predicted molar refractivity (Wildman–Crippen MR) is 70.4 cm³/mol. The van der Waals surface area contributed by atoms with Crippen LogP contribution in [0.1, 0.15) is 32.1 Å². The van der Waals surface area contributed by atoms with Crippen molar-refractivity contribution in [2.75, 3.05) is 26.9 Å². The second-order valence-electron chi connectivity index (χ2n) is 4.38. The number of carbonyl (C=O) groups is 1. The van der Waals surface area contributed by atoms with E-state index in [1.165, 1.54) is 6.42 Å². The number of rotatable bonds is 7. The van der Waals surface area contributed by atoms with Gasteiger partial charge in [0.2, 0.25) is 5.91 Å². The Morgan fingerprint density at radius 1 is 1.59 bits per heavy atom. The average molecular weight is 308 g/mol. The van der Waals surface area contributed by atoms with Crippen LogP contribution in [0.4, 0.5) is 0 Å². The van der Waals surface area contributed by atoms with Crippen molar-refractivity contribution >= 4 is 21.8 Å². The van der Waals surface area contributed by atoms with E-state index < -0.39 is 0 Å². The highest BCUT2D eigenvalue weighted by atomic mass is 79.9. The van der Waals surface area contributed by atoms with Gasteiger partial charge in [0, 0.05) is 26.7 Å². The van der Waals surface area contributed by atoms with E-state index in [0.29, 0.717) is 19.6 Å². The van der Waals surface area contributed by atoms with Crippen molar-refractivity contribution in [1.82, 2.24) is 5.32 Å². The molecular formula is C12H22BrNO3. The van der Waals surface area contributed by atoms with E-state index in [1.54, 1.807) is 7.11 Å². The molecule has 1 aliphatic heterocycles. The fourth-order valence-corrected chi connectivity index (χ4v) is 2.31. The molecule has 4 nitrogen and oxygen atoms in total. The Labute approximate surface area is 112 Å². The molecule has 0 radical (unpaired) electrons. The van der Waals surface area contributed by atoms with Crippen LogP contribution in [0.3, 0.4) is 0 Å². The van der Waals surface area contributed by atoms with Crippen molar-refractivity contribution in [3.63, 3.8) is 0 Å². The summed E-state index contributed by atoms with van der Waals surface area (Å²) in [7, 11) is 1.65. The van der Waals surface area contributed by atoms with Crippen LogP contribution in [0, 0.1) is 0 Å². The number of methoxy groups -OCH3 is 1. The van der Waals surface area contributed by atoms with Crippen LogP contribution < -0.4 is 5.32 Å². The summed E-state index contributed by atoms with van der Waals surface area (Å²) in [4.78, 5) is 11.7. The minimum Gasteiger partial charge on any atom is -0.383 e. The van der Waals surface area contributed by atoms with Gasteiger partial charge in [-0.2, -0.15) is 0 Å². The molecule has 0 aromatic carbocycles. The lowest BCUT2D eigenvalue weighted by atomic mass is 10.0. The fourth-order valence-electron chi connectivity index (χ4n) is 1.88. The first-order valence-corrected chi connectivity index (χ1v) is 7.15. The van der Waals surface area contributed by atoms with Crippen molar-refractivity contribution in [1.29, 1.82) is 0 Å². The van der Waals surface area contributed by atoms with Crippen molar-refractivity contribution in [3.05, 3.63) is 0 Å². The van der Waals surface area contributed by atoms with Crippen LogP contribution in [0.2, 0.25) is 0 Å². The van der Waals surface area contributed by atoms with E-state index in [4.69, 9.17) is 9.47 Å². The Morgan fingerprint density at radius 2 is 2.41 bits per heavy atom. The van der Waals surface area contributed by atoms with Crippen molar-refractivity contribution < 1.29 is 14.3 Å². The average Bonchev–Trinajstić information content (AvgIpc) is 2.35. The molecule has 0 spiro atoms. The third-order valence-corrected chi connectivity index (χ3v) is 3.42. The molecule has 100 valence electrons. The maximum atomic E-state index is 11.6. The van der Waals surface area contributed by atoms with Crippen molar-refractivity contribution in [3.8, 4) is 0 Å². The van der Waals surface area contributed by atoms with Gasteiger partial charge in [0.15, 0.2) is 0 Å². The normalized spacial score (nSPS) is 22.1. The summed E-state index contributed by atoms with van der Waals surface area (Å²) in [5.41, 5.74) is 0. The first kappa shape index (κ1) is 14.9. The Kier molecular flexibility index (Phi) is 7.81. The van der Waals surface area contributed by atoms with Crippen LogP contribution in [0.5, 0.6) is 0 Å². The molecule has 0 aromatic rings. The molecule has 0 bridgehead atoms. The number of hydrogen-bond donors (Lipinski definition) is 1. The molecule has 1 rings (SSSR count). The molecule has 0 aliphatic carbocycles. The number of hydrogen-bond acceptors (Lipinski definition) is 3. The van der Waals surface area contributed by atoms with E-state index in [9.17, 15) is 4.79 Å². The number of amides is 1. The highest BCUT2D eigenvalue weighted by Gasteiger charge is 2.15. The quantitative estimate of drug-likeness (QED) is 0.730. The number of nitrogens with one attached hydrogen (secondary N) is 1. The third-order valence-electron chi connectivity index (χ3n) is 2.84. The van der Waals surface area contributed by atoms with Gasteiger partial charge < -0.3 is 14.8 Å². The Morgan fingerprint density at radius 3 is 3.06 bits per heavy atom. The lowest BCUT2D eigenvalue weighted by molar-refractivity contribution is -0.122. The third kappa shape index (κ3) is 7.01. The van der Waals surface area contributed by atoms with Gasteiger partial charge in [-0.25, -0.2) is 0 Å². The molecule has 1 amide bonds. The van der Waals surface area contributed by atoms with Gasteiger partial charge in [-0.1, -0.05) is 15.9 Å². The highest BCUT2D eigenvalue weighted by Crippen LogP contribution is 2.16. The molecule has 0 aromatic heterocycles. The van der Waals surface area contributed by atoms with Crippen molar-refractivity contribution in [2.45, 2.75) is 43.0 Å². The van der Waals surface area contributed by atoms with Gasteiger partial charge in [-0.3, -0.25) is 4.79 Å². The molecule has 1 fully saturated rings. The van der Waals surface area contributed by atoms with Crippen LogP contribution >= 0.6 is 15.9 Å². The molecule has 2 atom stereocenters. The van der Waals surface area contributed by atoms with Crippen LogP contribution in [0.25, 0.3) is 0 Å². The molecule has 1 aliphatic rings. The van der Waals surface area contributed by atoms with E-state index >= 15 is 0 Å². The summed E-state index contributed by atoms with van der Waals surface area (Å²) in [6.45, 7) is 2.06. The van der Waals surface area contributed by atoms with E-state index in [1.807, 2.05) is 0 Å². The molecule has 0 saturated carbocycles. The monoisotopic (exact) mass is 307 g/mol. The molecule has 2 unspecified atom stereocenters. The van der Waals surface area contributed by atoms with Gasteiger partial charge in [0.05, 0.1) is 17.5 Å². The first-order chi connectivity index (χ1) is 8.22. The van der Waals surface area contributed by atoms with E-state index in [2.05, 4.69) is 21.2 Å². The van der Waals surface area contributed by atoms with Crippen LogP contribution in [0.15, 0.2) is 0 Å². The number of alkyl halides is 1. The molecule has 17 heavy (non-hydrogen) atoms. The van der Waals surface area contributed by atoms with E-state index in [0.717, 1.165) is 25.9 Å². The number of ether oxygens (including phenoxy) is 2. The number of carbonyl (C=O) groups excluding carboxylic acids is 1. The van der Waals surface area contributed by atoms with Crippen molar-refractivity contribution in [2.24, 2.45) is 0 Å². The molecule has 1 saturated heterocycles.